The molecule has 0 aromatic heterocycles. The lowest BCUT2D eigenvalue weighted by molar-refractivity contribution is 0.965. The van der Waals surface area contributed by atoms with E-state index in [4.69, 9.17) is 23.2 Å². The third-order valence-electron chi connectivity index (χ3n) is 0.858. The standard InChI is InChI=1S/C7H7N3S/c1-2-3-10-7(11)6(4-8)5-9/h2,10-11H,1,3H2/p-1. The van der Waals surface area contributed by atoms with Crippen LogP contribution in [0.2, 0.25) is 0 Å². The summed E-state index contributed by atoms with van der Waals surface area (Å²) in [7, 11) is 0. The van der Waals surface area contributed by atoms with Crippen molar-refractivity contribution in [2.24, 2.45) is 0 Å². The van der Waals surface area contributed by atoms with Gasteiger partial charge in [-0.25, -0.2) is 0 Å². The van der Waals surface area contributed by atoms with Gasteiger partial charge in [-0.05, 0) is 0 Å². The lowest BCUT2D eigenvalue weighted by Gasteiger charge is -2.12. The maximum atomic E-state index is 8.33. The van der Waals surface area contributed by atoms with Crippen LogP contribution in [0.4, 0.5) is 0 Å². The molecule has 4 heteroatoms. The van der Waals surface area contributed by atoms with E-state index >= 15 is 0 Å². The quantitative estimate of drug-likeness (QED) is 0.376. The molecule has 0 atom stereocenters. The number of hydrogen-bond donors (Lipinski definition) is 1. The van der Waals surface area contributed by atoms with Crippen LogP contribution in [0.5, 0.6) is 0 Å². The number of rotatable bonds is 3. The van der Waals surface area contributed by atoms with Crippen molar-refractivity contribution in [2.75, 3.05) is 6.54 Å². The van der Waals surface area contributed by atoms with Gasteiger partial charge in [-0.2, -0.15) is 10.5 Å². The van der Waals surface area contributed by atoms with E-state index in [-0.39, 0.29) is 10.6 Å². The van der Waals surface area contributed by atoms with E-state index in [1.807, 2.05) is 0 Å². The van der Waals surface area contributed by atoms with Crippen molar-refractivity contribution in [3.05, 3.63) is 23.3 Å². The molecular formula is C7H6N3S-. The van der Waals surface area contributed by atoms with E-state index in [1.165, 1.54) is 0 Å². The maximum Gasteiger partial charge on any atom is 0.125 e. The number of hydrogen-bond acceptors (Lipinski definition) is 4. The molecule has 0 bridgehead atoms. The van der Waals surface area contributed by atoms with Crippen molar-refractivity contribution in [2.45, 2.75) is 0 Å². The Morgan fingerprint density at radius 3 is 2.45 bits per heavy atom. The van der Waals surface area contributed by atoms with Crippen LogP contribution < -0.4 is 5.32 Å². The second kappa shape index (κ2) is 5.28. The highest BCUT2D eigenvalue weighted by Crippen LogP contribution is 1.95. The van der Waals surface area contributed by atoms with Gasteiger partial charge in [-0.3, -0.25) is 0 Å². The smallest absolute Gasteiger partial charge is 0.125 e. The summed E-state index contributed by atoms with van der Waals surface area (Å²) in [5, 5.41) is 19.5. The van der Waals surface area contributed by atoms with Crippen LogP contribution >= 0.6 is 0 Å². The Morgan fingerprint density at radius 1 is 1.55 bits per heavy atom. The number of allylic oxidation sites excluding steroid dienone is 1. The number of nitrogens with one attached hydrogen (secondary N) is 1. The Bertz CT molecular complexity index is 238. The first-order valence-electron chi connectivity index (χ1n) is 2.82. The van der Waals surface area contributed by atoms with Gasteiger partial charge in [0.15, 0.2) is 0 Å². The van der Waals surface area contributed by atoms with Gasteiger partial charge in [-0.1, -0.05) is 11.1 Å². The van der Waals surface area contributed by atoms with Crippen LogP contribution in [0, 0.1) is 22.7 Å². The Kier molecular flexibility index (Phi) is 4.55. The Hall–Kier alpha value is -1.52. The Labute approximate surface area is 71.0 Å². The molecule has 0 heterocycles. The fourth-order valence-corrected chi connectivity index (χ4v) is 0.554. The summed E-state index contributed by atoms with van der Waals surface area (Å²) >= 11 is 4.70. The number of nitriles is 2. The molecule has 0 unspecified atom stereocenters. The molecule has 0 amide bonds. The summed E-state index contributed by atoms with van der Waals surface area (Å²) in [5.41, 5.74) is -0.0677. The molecule has 0 fully saturated rings. The summed E-state index contributed by atoms with van der Waals surface area (Å²) in [5.74, 6) is 0. The summed E-state index contributed by atoms with van der Waals surface area (Å²) < 4.78 is 0. The molecule has 0 aliphatic heterocycles. The molecule has 0 aromatic rings. The molecule has 0 saturated heterocycles. The molecule has 0 aromatic carbocycles. The first-order valence-corrected chi connectivity index (χ1v) is 3.23. The zero-order valence-electron chi connectivity index (χ0n) is 5.79. The first kappa shape index (κ1) is 9.48. The SMILES string of the molecule is C=CCNC([S-])=C(C#N)C#N. The molecule has 3 nitrogen and oxygen atoms in total. The van der Waals surface area contributed by atoms with Crippen LogP contribution in [0.15, 0.2) is 23.3 Å². The molecule has 0 spiro atoms. The monoisotopic (exact) mass is 164 g/mol. The maximum absolute atomic E-state index is 8.33. The van der Waals surface area contributed by atoms with Gasteiger partial charge in [0.1, 0.15) is 17.7 Å². The van der Waals surface area contributed by atoms with E-state index in [1.54, 1.807) is 18.2 Å². The summed E-state index contributed by atoms with van der Waals surface area (Å²) in [6, 6.07) is 3.36. The molecule has 0 saturated carbocycles. The predicted molar refractivity (Wildman–Crippen MR) is 43.8 cm³/mol. The molecule has 11 heavy (non-hydrogen) atoms. The van der Waals surface area contributed by atoms with Crippen molar-refractivity contribution in [1.29, 1.82) is 10.5 Å². The fraction of sp³-hybridized carbons (Fsp3) is 0.143. The minimum atomic E-state index is -0.0677. The van der Waals surface area contributed by atoms with Gasteiger partial charge in [0.05, 0.1) is 0 Å². The van der Waals surface area contributed by atoms with E-state index < -0.39 is 0 Å². The molecule has 56 valence electrons. The van der Waals surface area contributed by atoms with Crippen LogP contribution in [0.3, 0.4) is 0 Å². The van der Waals surface area contributed by atoms with Gasteiger partial charge in [-0.15, -0.1) is 6.58 Å². The van der Waals surface area contributed by atoms with Gasteiger partial charge in [0, 0.05) is 6.54 Å². The van der Waals surface area contributed by atoms with Crippen molar-refractivity contribution < 1.29 is 0 Å². The zero-order valence-corrected chi connectivity index (χ0v) is 6.61. The largest absolute Gasteiger partial charge is 0.761 e. The third-order valence-corrected chi connectivity index (χ3v) is 1.21. The van der Waals surface area contributed by atoms with Crippen LogP contribution in [0.1, 0.15) is 0 Å². The van der Waals surface area contributed by atoms with Crippen LogP contribution in [-0.4, -0.2) is 6.54 Å². The predicted octanol–water partition coefficient (Wildman–Crippen LogP) is 0.568. The fourth-order valence-electron chi connectivity index (χ4n) is 0.380. The molecule has 0 rings (SSSR count). The minimum Gasteiger partial charge on any atom is -0.761 e. The van der Waals surface area contributed by atoms with Gasteiger partial charge < -0.3 is 17.9 Å². The van der Waals surface area contributed by atoms with Crippen LogP contribution in [0.25, 0.3) is 0 Å². The van der Waals surface area contributed by atoms with Gasteiger partial charge >= 0.3 is 0 Å². The molecule has 1 N–H and O–H groups in total. The molecule has 0 aliphatic carbocycles. The van der Waals surface area contributed by atoms with Crippen molar-refractivity contribution in [1.82, 2.24) is 5.32 Å². The molecular weight excluding hydrogens is 158 g/mol. The van der Waals surface area contributed by atoms with Crippen LogP contribution in [-0.2, 0) is 12.6 Å². The minimum absolute atomic E-state index is 0.0677. The van der Waals surface area contributed by atoms with E-state index in [2.05, 4.69) is 11.9 Å². The molecule has 0 aliphatic rings. The highest BCUT2D eigenvalue weighted by molar-refractivity contribution is 7.63. The number of nitrogens with zero attached hydrogens (tertiary/aromatic N) is 2. The average Bonchev–Trinajstić information content (AvgIpc) is 2.03. The van der Waals surface area contributed by atoms with Crippen molar-refractivity contribution >= 4 is 12.6 Å². The Balaban J connectivity index is 4.30. The molecule has 0 radical (unpaired) electrons. The first-order chi connectivity index (χ1) is 5.26. The topological polar surface area (TPSA) is 59.6 Å². The van der Waals surface area contributed by atoms with Crippen molar-refractivity contribution in [3.8, 4) is 12.1 Å². The highest BCUT2D eigenvalue weighted by Gasteiger charge is 1.90. The lowest BCUT2D eigenvalue weighted by atomic mass is 10.3. The zero-order chi connectivity index (χ0) is 8.69. The van der Waals surface area contributed by atoms with E-state index in [0.29, 0.717) is 6.54 Å². The second-order valence-corrected chi connectivity index (χ2v) is 2.01. The van der Waals surface area contributed by atoms with E-state index in [0.717, 1.165) is 0 Å². The summed E-state index contributed by atoms with van der Waals surface area (Å²) in [6.07, 6.45) is 1.60. The lowest BCUT2D eigenvalue weighted by Crippen LogP contribution is -2.12. The normalized spacial score (nSPS) is 7.09. The van der Waals surface area contributed by atoms with E-state index in [9.17, 15) is 0 Å². The summed E-state index contributed by atoms with van der Waals surface area (Å²) in [4.78, 5) is 0. The second-order valence-electron chi connectivity index (χ2n) is 1.60. The Morgan fingerprint density at radius 2 is 2.09 bits per heavy atom. The highest BCUT2D eigenvalue weighted by atomic mass is 32.1. The third kappa shape index (κ3) is 3.24. The summed E-state index contributed by atoms with van der Waals surface area (Å²) in [6.45, 7) is 3.91. The van der Waals surface area contributed by atoms with Gasteiger partial charge in [0.25, 0.3) is 0 Å². The van der Waals surface area contributed by atoms with Gasteiger partial charge in [0.2, 0.25) is 0 Å². The van der Waals surface area contributed by atoms with Crippen molar-refractivity contribution in [3.63, 3.8) is 0 Å². The average molecular weight is 164 g/mol.